The highest BCUT2D eigenvalue weighted by Gasteiger charge is 2.35. The van der Waals surface area contributed by atoms with Crippen molar-refractivity contribution < 1.29 is 38.0 Å². The summed E-state index contributed by atoms with van der Waals surface area (Å²) in [6.45, 7) is 4.12. The van der Waals surface area contributed by atoms with E-state index in [1.54, 1.807) is 26.0 Å². The lowest BCUT2D eigenvalue weighted by molar-refractivity contribution is -0.142. The van der Waals surface area contributed by atoms with E-state index in [1.165, 1.54) is 6.92 Å². The van der Waals surface area contributed by atoms with E-state index < -0.39 is 5.97 Å². The highest BCUT2D eigenvalue weighted by molar-refractivity contribution is 5.70. The van der Waals surface area contributed by atoms with Crippen molar-refractivity contribution in [1.82, 2.24) is 4.90 Å². The zero-order valence-corrected chi connectivity index (χ0v) is 19.8. The molecule has 2 aromatic rings. The number of ether oxygens (including phenoxy) is 6. The molecule has 0 fully saturated rings. The van der Waals surface area contributed by atoms with Crippen molar-refractivity contribution in [2.75, 3.05) is 34.2 Å². The Morgan fingerprint density at radius 2 is 1.85 bits per heavy atom. The summed E-state index contributed by atoms with van der Waals surface area (Å²) in [5, 5.41) is 0. The largest absolute Gasteiger partial charge is 0.493 e. The fourth-order valence-corrected chi connectivity index (χ4v) is 4.50. The third kappa shape index (κ3) is 4.55. The molecule has 0 saturated carbocycles. The van der Waals surface area contributed by atoms with Gasteiger partial charge in [-0.1, -0.05) is 6.07 Å². The Labute approximate surface area is 198 Å². The smallest absolute Gasteiger partial charge is 0.410 e. The molecular formula is C25H29NO8. The molecule has 0 saturated heterocycles. The van der Waals surface area contributed by atoms with Gasteiger partial charge in [0.15, 0.2) is 23.0 Å². The summed E-state index contributed by atoms with van der Waals surface area (Å²) >= 11 is 0. The number of carbonyl (C=O) groups excluding carboxylic acids is 2. The lowest BCUT2D eigenvalue weighted by Gasteiger charge is -2.37. The van der Waals surface area contributed by atoms with Crippen molar-refractivity contribution in [3.05, 3.63) is 46.5 Å². The number of benzene rings is 2. The van der Waals surface area contributed by atoms with Crippen LogP contribution in [0.4, 0.5) is 4.79 Å². The summed E-state index contributed by atoms with van der Waals surface area (Å²) in [6.07, 6.45) is 0.744. The molecule has 2 heterocycles. The van der Waals surface area contributed by atoms with Crippen molar-refractivity contribution in [1.29, 1.82) is 0 Å². The first kappa shape index (κ1) is 23.5. The summed E-state index contributed by atoms with van der Waals surface area (Å²) in [6, 6.07) is 7.32. The molecule has 0 aromatic heterocycles. The predicted octanol–water partition coefficient (Wildman–Crippen LogP) is 3.79. The second kappa shape index (κ2) is 10.1. The minimum Gasteiger partial charge on any atom is -0.493 e. The molecule has 2 aliphatic rings. The van der Waals surface area contributed by atoms with Crippen LogP contribution < -0.4 is 18.9 Å². The van der Waals surface area contributed by atoms with Crippen LogP contribution in [-0.4, -0.2) is 51.1 Å². The Morgan fingerprint density at radius 3 is 2.53 bits per heavy atom. The van der Waals surface area contributed by atoms with E-state index in [4.69, 9.17) is 28.4 Å². The number of esters is 1. The number of carbonyl (C=O) groups is 2. The Bertz CT molecular complexity index is 1080. The number of hydrogen-bond donors (Lipinski definition) is 0. The number of amides is 1. The minimum absolute atomic E-state index is 0.0190. The quantitative estimate of drug-likeness (QED) is 0.563. The number of hydrogen-bond acceptors (Lipinski definition) is 8. The molecule has 34 heavy (non-hydrogen) atoms. The van der Waals surface area contributed by atoms with Crippen molar-refractivity contribution in [2.45, 2.75) is 39.3 Å². The first-order valence-corrected chi connectivity index (χ1v) is 11.2. The van der Waals surface area contributed by atoms with Gasteiger partial charge in [-0.25, -0.2) is 4.79 Å². The van der Waals surface area contributed by atoms with E-state index in [0.29, 0.717) is 47.9 Å². The number of rotatable bonds is 7. The van der Waals surface area contributed by atoms with Gasteiger partial charge in [-0.05, 0) is 54.7 Å². The summed E-state index contributed by atoms with van der Waals surface area (Å²) in [7, 11) is 3.09. The normalized spacial score (nSPS) is 16.0. The third-order valence-corrected chi connectivity index (χ3v) is 6.07. The van der Waals surface area contributed by atoms with Gasteiger partial charge in [0.1, 0.15) is 6.61 Å². The summed E-state index contributed by atoms with van der Waals surface area (Å²) < 4.78 is 32.9. The number of fused-ring (bicyclic) bond motifs is 2. The molecule has 9 nitrogen and oxygen atoms in total. The summed E-state index contributed by atoms with van der Waals surface area (Å²) in [5.41, 5.74) is 3.62. The zero-order chi connectivity index (χ0) is 24.2. The van der Waals surface area contributed by atoms with E-state index in [1.807, 2.05) is 24.3 Å². The van der Waals surface area contributed by atoms with Crippen LogP contribution in [0.1, 0.15) is 42.1 Å². The molecule has 182 valence electrons. The highest BCUT2D eigenvalue weighted by Crippen LogP contribution is 2.43. The highest BCUT2D eigenvalue weighted by atomic mass is 16.7. The van der Waals surface area contributed by atoms with E-state index in [9.17, 15) is 9.59 Å². The van der Waals surface area contributed by atoms with Crippen molar-refractivity contribution >= 4 is 12.1 Å². The Balaban J connectivity index is 1.78. The van der Waals surface area contributed by atoms with Crippen molar-refractivity contribution in [2.24, 2.45) is 0 Å². The average molecular weight is 472 g/mol. The summed E-state index contributed by atoms with van der Waals surface area (Å²) in [4.78, 5) is 26.2. The second-order valence-corrected chi connectivity index (χ2v) is 7.99. The molecule has 1 amide bonds. The van der Waals surface area contributed by atoms with Crippen LogP contribution in [-0.2, 0) is 33.7 Å². The molecule has 1 atom stereocenters. The number of nitrogens with zero attached hydrogens (tertiary/aromatic N) is 1. The molecule has 2 aliphatic heterocycles. The molecule has 0 aliphatic carbocycles. The van der Waals surface area contributed by atoms with E-state index in [0.717, 1.165) is 16.7 Å². The van der Waals surface area contributed by atoms with Gasteiger partial charge in [-0.3, -0.25) is 4.79 Å². The molecule has 0 radical (unpaired) electrons. The van der Waals surface area contributed by atoms with E-state index in [-0.39, 0.29) is 32.1 Å². The van der Waals surface area contributed by atoms with Gasteiger partial charge in [-0.2, -0.15) is 0 Å². The first-order valence-electron chi connectivity index (χ1n) is 11.2. The van der Waals surface area contributed by atoms with Crippen LogP contribution in [0.2, 0.25) is 0 Å². The van der Waals surface area contributed by atoms with Gasteiger partial charge in [0.2, 0.25) is 6.79 Å². The van der Waals surface area contributed by atoms with E-state index in [2.05, 4.69) is 0 Å². The standard InChI is InChI=1S/C25H29NO8/c1-5-31-25(28)26-9-8-17-11-22-23(34-14-33-22)12-18(17)20(26)10-16-6-7-21(29-3)24(30-4)19(16)13-32-15(2)27/h6-7,11-12,20H,5,8-10,13-14H2,1-4H3. The molecule has 0 bridgehead atoms. The topological polar surface area (TPSA) is 92.8 Å². The lowest BCUT2D eigenvalue weighted by atomic mass is 9.87. The maximum Gasteiger partial charge on any atom is 0.410 e. The van der Waals surface area contributed by atoms with Gasteiger partial charge < -0.3 is 33.3 Å². The predicted molar refractivity (Wildman–Crippen MR) is 121 cm³/mol. The lowest BCUT2D eigenvalue weighted by Crippen LogP contribution is -2.41. The average Bonchev–Trinajstić information content (AvgIpc) is 3.29. The zero-order valence-electron chi connectivity index (χ0n) is 19.8. The van der Waals surface area contributed by atoms with Crippen LogP contribution >= 0.6 is 0 Å². The molecule has 1 unspecified atom stereocenters. The molecule has 0 spiro atoms. The van der Waals surface area contributed by atoms with Crippen LogP contribution in [0.3, 0.4) is 0 Å². The molecule has 2 aromatic carbocycles. The van der Waals surface area contributed by atoms with E-state index >= 15 is 0 Å². The fraction of sp³-hybridized carbons (Fsp3) is 0.440. The first-order chi connectivity index (χ1) is 16.5. The Kier molecular flexibility index (Phi) is 7.00. The van der Waals surface area contributed by atoms with Crippen LogP contribution in [0.25, 0.3) is 0 Å². The summed E-state index contributed by atoms with van der Waals surface area (Å²) in [5.74, 6) is 1.99. The van der Waals surface area contributed by atoms with Gasteiger partial charge in [0, 0.05) is 19.0 Å². The SMILES string of the molecule is CCOC(=O)N1CCc2cc3c(cc2C1Cc1ccc(OC)c(OC)c1COC(C)=O)OCO3. The van der Waals surface area contributed by atoms with Crippen LogP contribution in [0.5, 0.6) is 23.0 Å². The molecule has 0 N–H and O–H groups in total. The number of methoxy groups -OCH3 is 2. The maximum atomic E-state index is 12.9. The van der Waals surface area contributed by atoms with Gasteiger partial charge in [0.05, 0.1) is 26.9 Å². The fourth-order valence-electron chi connectivity index (χ4n) is 4.50. The monoisotopic (exact) mass is 471 g/mol. The molecular weight excluding hydrogens is 442 g/mol. The Morgan fingerprint density at radius 1 is 1.09 bits per heavy atom. The Hall–Kier alpha value is -3.62. The van der Waals surface area contributed by atoms with Gasteiger partial charge in [-0.15, -0.1) is 0 Å². The third-order valence-electron chi connectivity index (χ3n) is 6.07. The van der Waals surface area contributed by atoms with Gasteiger partial charge in [0.25, 0.3) is 0 Å². The van der Waals surface area contributed by atoms with Crippen molar-refractivity contribution in [3.8, 4) is 23.0 Å². The van der Waals surface area contributed by atoms with Crippen LogP contribution in [0.15, 0.2) is 24.3 Å². The second-order valence-electron chi connectivity index (χ2n) is 7.99. The van der Waals surface area contributed by atoms with Crippen molar-refractivity contribution in [3.63, 3.8) is 0 Å². The molecule has 9 heteroatoms. The maximum absolute atomic E-state index is 12.9. The van der Waals surface area contributed by atoms with Crippen LogP contribution in [0, 0.1) is 0 Å². The van der Waals surface area contributed by atoms with Gasteiger partial charge >= 0.3 is 12.1 Å². The molecule has 4 rings (SSSR count). The minimum atomic E-state index is -0.403.